The van der Waals surface area contributed by atoms with Crippen LogP contribution in [-0.4, -0.2) is 35.2 Å². The van der Waals surface area contributed by atoms with Crippen LogP contribution in [0.1, 0.15) is 51.5 Å². The van der Waals surface area contributed by atoms with E-state index in [9.17, 15) is 14.4 Å². The molecule has 0 saturated heterocycles. The fraction of sp³-hybridized carbons (Fsp3) is 0.381. The minimum Gasteiger partial charge on any atom is -0.492 e. The van der Waals surface area contributed by atoms with E-state index in [1.807, 2.05) is 0 Å². The van der Waals surface area contributed by atoms with E-state index in [4.69, 9.17) is 21.1 Å². The van der Waals surface area contributed by atoms with Gasteiger partial charge in [-0.15, -0.1) is 0 Å². The van der Waals surface area contributed by atoms with Crippen molar-refractivity contribution in [2.75, 3.05) is 6.61 Å². The number of Topliss-reactive ketones (excluding diaryl/α,β-unsaturated/α-hetero) is 2. The van der Waals surface area contributed by atoms with Gasteiger partial charge < -0.3 is 14.5 Å². The molecule has 0 spiro atoms. The van der Waals surface area contributed by atoms with Gasteiger partial charge in [-0.25, -0.2) is 0 Å². The maximum atomic E-state index is 12.7. The highest BCUT2D eigenvalue weighted by Gasteiger charge is 2.31. The normalized spacial score (nSPS) is 16.7. The van der Waals surface area contributed by atoms with Crippen molar-refractivity contribution >= 4 is 29.1 Å². The number of ether oxygens (including phenoxy) is 2. The molecule has 1 aromatic heterocycles. The molecule has 0 radical (unpaired) electrons. The molecule has 0 aliphatic carbocycles. The molecule has 1 N–H and O–H groups in total. The molecule has 0 saturated carbocycles. The SMILES string of the molecule is CC(=O)c1c(C)[nH]c(C(=O)[C@H](C)OC(=O)[C@H]2COc3ccc(Cl)cc3C2)c1C. The van der Waals surface area contributed by atoms with Crippen LogP contribution in [0.15, 0.2) is 18.2 Å². The molecule has 2 aromatic rings. The van der Waals surface area contributed by atoms with Crippen LogP contribution < -0.4 is 4.74 Å². The van der Waals surface area contributed by atoms with Gasteiger partial charge in [0, 0.05) is 16.3 Å². The number of rotatable bonds is 5. The Morgan fingerprint density at radius 1 is 1.29 bits per heavy atom. The summed E-state index contributed by atoms with van der Waals surface area (Å²) in [5.41, 5.74) is 2.82. The van der Waals surface area contributed by atoms with Crippen LogP contribution in [-0.2, 0) is 16.0 Å². The molecule has 1 aromatic carbocycles. The van der Waals surface area contributed by atoms with Crippen molar-refractivity contribution in [1.82, 2.24) is 4.98 Å². The van der Waals surface area contributed by atoms with Crippen LogP contribution in [0.3, 0.4) is 0 Å². The second kappa shape index (κ2) is 7.80. The minimum absolute atomic E-state index is 0.119. The molecule has 2 heterocycles. The quantitative estimate of drug-likeness (QED) is 0.605. The summed E-state index contributed by atoms with van der Waals surface area (Å²) in [7, 11) is 0. The predicted octanol–water partition coefficient (Wildman–Crippen LogP) is 3.85. The number of esters is 1. The summed E-state index contributed by atoms with van der Waals surface area (Å²) >= 11 is 6.01. The lowest BCUT2D eigenvalue weighted by Crippen LogP contribution is -2.34. The molecule has 0 bridgehead atoms. The van der Waals surface area contributed by atoms with Gasteiger partial charge in [-0.1, -0.05) is 11.6 Å². The second-order valence-electron chi connectivity index (χ2n) is 7.09. The van der Waals surface area contributed by atoms with Crippen LogP contribution >= 0.6 is 11.6 Å². The Bertz CT molecular complexity index is 962. The van der Waals surface area contributed by atoms with E-state index in [1.54, 1.807) is 32.0 Å². The number of H-pyrrole nitrogens is 1. The Balaban J connectivity index is 1.70. The van der Waals surface area contributed by atoms with E-state index in [2.05, 4.69) is 4.98 Å². The fourth-order valence-corrected chi connectivity index (χ4v) is 3.76. The Morgan fingerprint density at radius 3 is 2.64 bits per heavy atom. The number of benzene rings is 1. The van der Waals surface area contributed by atoms with E-state index in [0.29, 0.717) is 39.7 Å². The molecule has 7 heteroatoms. The number of carbonyl (C=O) groups excluding carboxylic acids is 3. The minimum atomic E-state index is -0.982. The molecule has 0 amide bonds. The third kappa shape index (κ3) is 3.83. The van der Waals surface area contributed by atoms with Crippen molar-refractivity contribution in [3.8, 4) is 5.75 Å². The van der Waals surface area contributed by atoms with Gasteiger partial charge in [0.15, 0.2) is 11.9 Å². The zero-order chi connectivity index (χ0) is 20.6. The lowest BCUT2D eigenvalue weighted by molar-refractivity contribution is -0.152. The van der Waals surface area contributed by atoms with Crippen molar-refractivity contribution in [2.45, 2.75) is 40.2 Å². The van der Waals surface area contributed by atoms with Gasteiger partial charge in [0.05, 0.1) is 11.6 Å². The molecular weight excluding hydrogens is 382 g/mol. The number of hydrogen-bond acceptors (Lipinski definition) is 5. The van der Waals surface area contributed by atoms with E-state index in [1.165, 1.54) is 13.8 Å². The number of aromatic nitrogens is 1. The van der Waals surface area contributed by atoms with Crippen molar-refractivity contribution in [2.24, 2.45) is 5.92 Å². The van der Waals surface area contributed by atoms with Crippen molar-refractivity contribution in [3.05, 3.63) is 51.3 Å². The molecule has 148 valence electrons. The van der Waals surface area contributed by atoms with Gasteiger partial charge in [0.25, 0.3) is 0 Å². The standard InChI is InChI=1S/C21H22ClNO5/c1-10-18(12(3)24)11(2)23-19(10)20(25)13(4)28-21(26)15-7-14-8-16(22)5-6-17(14)27-9-15/h5-6,8,13,15,23H,7,9H2,1-4H3/t13-,15+/m0/s1. The molecular formula is C21H22ClNO5. The summed E-state index contributed by atoms with van der Waals surface area (Å²) < 4.78 is 11.0. The van der Waals surface area contributed by atoms with Crippen LogP contribution in [0, 0.1) is 19.8 Å². The summed E-state index contributed by atoms with van der Waals surface area (Å²) in [6.07, 6.45) is -0.546. The smallest absolute Gasteiger partial charge is 0.313 e. The summed E-state index contributed by atoms with van der Waals surface area (Å²) in [5.74, 6) is -0.806. The van der Waals surface area contributed by atoms with Crippen LogP contribution in [0.4, 0.5) is 0 Å². The molecule has 28 heavy (non-hydrogen) atoms. The maximum absolute atomic E-state index is 12.7. The first-order valence-corrected chi connectivity index (χ1v) is 9.42. The average Bonchev–Trinajstić information content (AvgIpc) is 2.94. The number of aryl methyl sites for hydroxylation is 1. The Morgan fingerprint density at radius 2 is 2.00 bits per heavy atom. The zero-order valence-corrected chi connectivity index (χ0v) is 17.0. The van der Waals surface area contributed by atoms with E-state index in [-0.39, 0.29) is 18.2 Å². The number of hydrogen-bond donors (Lipinski definition) is 1. The van der Waals surface area contributed by atoms with E-state index in [0.717, 1.165) is 5.56 Å². The highest BCUT2D eigenvalue weighted by Crippen LogP contribution is 2.30. The second-order valence-corrected chi connectivity index (χ2v) is 7.53. The van der Waals surface area contributed by atoms with Gasteiger partial charge in [-0.2, -0.15) is 0 Å². The third-order valence-electron chi connectivity index (χ3n) is 4.96. The van der Waals surface area contributed by atoms with Gasteiger partial charge >= 0.3 is 5.97 Å². The van der Waals surface area contributed by atoms with Crippen LogP contribution in [0.2, 0.25) is 5.02 Å². The first kappa shape index (κ1) is 20.1. The summed E-state index contributed by atoms with van der Waals surface area (Å²) in [6.45, 7) is 6.60. The zero-order valence-electron chi connectivity index (χ0n) is 16.2. The summed E-state index contributed by atoms with van der Waals surface area (Å²) in [4.78, 5) is 40.0. The molecule has 3 rings (SSSR count). The average molecular weight is 404 g/mol. The summed E-state index contributed by atoms with van der Waals surface area (Å²) in [6, 6.07) is 5.27. The molecule has 1 aliphatic rings. The predicted molar refractivity (Wildman–Crippen MR) is 104 cm³/mol. The fourth-order valence-electron chi connectivity index (χ4n) is 3.57. The third-order valence-corrected chi connectivity index (χ3v) is 5.20. The Kier molecular flexibility index (Phi) is 5.61. The van der Waals surface area contributed by atoms with Crippen molar-refractivity contribution in [3.63, 3.8) is 0 Å². The van der Waals surface area contributed by atoms with Gasteiger partial charge in [-0.05, 0) is 63.4 Å². The lowest BCUT2D eigenvalue weighted by Gasteiger charge is -2.25. The topological polar surface area (TPSA) is 85.5 Å². The largest absolute Gasteiger partial charge is 0.492 e. The number of nitrogens with one attached hydrogen (secondary N) is 1. The van der Waals surface area contributed by atoms with Crippen LogP contribution in [0.5, 0.6) is 5.75 Å². The number of ketones is 2. The lowest BCUT2D eigenvalue weighted by atomic mass is 9.97. The molecule has 1 aliphatic heterocycles. The monoisotopic (exact) mass is 403 g/mol. The van der Waals surface area contributed by atoms with Gasteiger partial charge in [0.1, 0.15) is 12.4 Å². The number of halogens is 1. The number of carbonyl (C=O) groups is 3. The van der Waals surface area contributed by atoms with E-state index < -0.39 is 18.0 Å². The van der Waals surface area contributed by atoms with Crippen LogP contribution in [0.25, 0.3) is 0 Å². The van der Waals surface area contributed by atoms with E-state index >= 15 is 0 Å². The summed E-state index contributed by atoms with van der Waals surface area (Å²) in [5, 5.41) is 0.568. The Labute approximate surface area is 168 Å². The first-order valence-electron chi connectivity index (χ1n) is 9.05. The van der Waals surface area contributed by atoms with Gasteiger partial charge in [-0.3, -0.25) is 14.4 Å². The molecule has 6 nitrogen and oxygen atoms in total. The highest BCUT2D eigenvalue weighted by atomic mass is 35.5. The number of fused-ring (bicyclic) bond motifs is 1. The maximum Gasteiger partial charge on any atom is 0.313 e. The molecule has 0 fully saturated rings. The first-order chi connectivity index (χ1) is 13.2. The Hall–Kier alpha value is -2.60. The highest BCUT2D eigenvalue weighted by molar-refractivity contribution is 6.30. The molecule has 0 unspecified atom stereocenters. The number of aromatic amines is 1. The van der Waals surface area contributed by atoms with Crippen molar-refractivity contribution < 1.29 is 23.9 Å². The molecule has 2 atom stereocenters. The van der Waals surface area contributed by atoms with Crippen molar-refractivity contribution in [1.29, 1.82) is 0 Å². The van der Waals surface area contributed by atoms with Gasteiger partial charge in [0.2, 0.25) is 5.78 Å².